The molecular weight excluding hydrogens is 268 g/mol. The third-order valence-electron chi connectivity index (χ3n) is 1.84. The molecular formula is C9H11ClN2O4S. The lowest BCUT2D eigenvalue weighted by atomic mass is 10.3. The van der Waals surface area contributed by atoms with E-state index in [-0.39, 0.29) is 28.7 Å². The zero-order valence-electron chi connectivity index (χ0n) is 8.72. The summed E-state index contributed by atoms with van der Waals surface area (Å²) in [6, 6.07) is 3.81. The number of primary amides is 1. The van der Waals surface area contributed by atoms with E-state index in [2.05, 4.69) is 0 Å². The van der Waals surface area contributed by atoms with Crippen molar-refractivity contribution in [2.75, 3.05) is 6.61 Å². The summed E-state index contributed by atoms with van der Waals surface area (Å²) in [5.41, 5.74) is 4.93. The van der Waals surface area contributed by atoms with E-state index in [1.54, 1.807) is 0 Å². The van der Waals surface area contributed by atoms with Crippen LogP contribution in [0.4, 0.5) is 0 Å². The first-order valence-corrected chi connectivity index (χ1v) is 6.46. The normalized spacial score (nSPS) is 11.2. The molecule has 1 aromatic rings. The predicted octanol–water partition coefficient (Wildman–Crippen LogP) is 0.242. The fraction of sp³-hybridized carbons (Fsp3) is 0.222. The van der Waals surface area contributed by atoms with E-state index in [9.17, 15) is 13.2 Å². The van der Waals surface area contributed by atoms with Gasteiger partial charge in [0.2, 0.25) is 15.9 Å². The molecule has 0 saturated carbocycles. The van der Waals surface area contributed by atoms with Crippen molar-refractivity contribution in [2.24, 2.45) is 10.9 Å². The maximum absolute atomic E-state index is 11.0. The number of primary sulfonamides is 1. The average molecular weight is 279 g/mol. The number of benzene rings is 1. The van der Waals surface area contributed by atoms with Gasteiger partial charge in [0.05, 0.1) is 22.9 Å². The summed E-state index contributed by atoms with van der Waals surface area (Å²) in [7, 11) is -3.79. The lowest BCUT2D eigenvalue weighted by molar-refractivity contribution is -0.118. The smallest absolute Gasteiger partial charge is 0.238 e. The number of hydrogen-bond acceptors (Lipinski definition) is 4. The molecule has 0 unspecified atom stereocenters. The molecule has 94 valence electrons. The van der Waals surface area contributed by atoms with E-state index in [4.69, 9.17) is 27.2 Å². The largest absolute Gasteiger partial charge is 0.491 e. The van der Waals surface area contributed by atoms with Crippen LogP contribution < -0.4 is 15.6 Å². The summed E-state index contributed by atoms with van der Waals surface area (Å²) in [4.78, 5) is 10.4. The summed E-state index contributed by atoms with van der Waals surface area (Å²) >= 11 is 5.79. The highest BCUT2D eigenvalue weighted by Crippen LogP contribution is 2.26. The Bertz CT molecular complexity index is 530. The molecule has 0 aromatic heterocycles. The van der Waals surface area contributed by atoms with Gasteiger partial charge in [-0.1, -0.05) is 11.6 Å². The van der Waals surface area contributed by atoms with Gasteiger partial charge in [0.25, 0.3) is 0 Å². The lowest BCUT2D eigenvalue weighted by Crippen LogP contribution is -2.15. The average Bonchev–Trinajstić information content (AvgIpc) is 2.18. The van der Waals surface area contributed by atoms with Crippen LogP contribution in [0.15, 0.2) is 23.1 Å². The Labute approximate surface area is 104 Å². The molecule has 1 aromatic carbocycles. The number of sulfonamides is 1. The topological polar surface area (TPSA) is 112 Å². The Morgan fingerprint density at radius 2 is 2.06 bits per heavy atom. The monoisotopic (exact) mass is 278 g/mol. The molecule has 4 N–H and O–H groups in total. The van der Waals surface area contributed by atoms with Crippen LogP contribution in [-0.2, 0) is 14.8 Å². The van der Waals surface area contributed by atoms with Gasteiger partial charge in [-0.2, -0.15) is 0 Å². The van der Waals surface area contributed by atoms with Crippen LogP contribution in [0.5, 0.6) is 5.75 Å². The van der Waals surface area contributed by atoms with Crippen molar-refractivity contribution in [1.29, 1.82) is 0 Å². The minimum Gasteiger partial charge on any atom is -0.491 e. The van der Waals surface area contributed by atoms with Crippen molar-refractivity contribution in [3.63, 3.8) is 0 Å². The van der Waals surface area contributed by atoms with E-state index in [1.807, 2.05) is 0 Å². The highest BCUT2D eigenvalue weighted by Gasteiger charge is 2.11. The Kier molecular flexibility index (Phi) is 4.33. The van der Waals surface area contributed by atoms with Gasteiger partial charge in [-0.25, -0.2) is 13.6 Å². The van der Waals surface area contributed by atoms with Crippen LogP contribution in [-0.4, -0.2) is 20.9 Å². The second-order valence-corrected chi connectivity index (χ2v) is 5.17. The van der Waals surface area contributed by atoms with Gasteiger partial charge < -0.3 is 10.5 Å². The van der Waals surface area contributed by atoms with Gasteiger partial charge in [-0.3, -0.25) is 4.79 Å². The molecule has 8 heteroatoms. The van der Waals surface area contributed by atoms with Crippen molar-refractivity contribution in [3.05, 3.63) is 23.2 Å². The van der Waals surface area contributed by atoms with Crippen molar-refractivity contribution in [3.8, 4) is 5.75 Å². The highest BCUT2D eigenvalue weighted by molar-refractivity contribution is 7.89. The van der Waals surface area contributed by atoms with Gasteiger partial charge in [0.15, 0.2) is 0 Å². The first kappa shape index (κ1) is 13.8. The molecule has 6 nitrogen and oxygen atoms in total. The Morgan fingerprint density at radius 3 is 2.53 bits per heavy atom. The highest BCUT2D eigenvalue weighted by atomic mass is 35.5. The summed E-state index contributed by atoms with van der Waals surface area (Å²) in [5.74, 6) is -0.234. The summed E-state index contributed by atoms with van der Waals surface area (Å²) in [6.45, 7) is 0.0732. The van der Waals surface area contributed by atoms with Crippen molar-refractivity contribution in [2.45, 2.75) is 11.3 Å². The van der Waals surface area contributed by atoms with Crippen LogP contribution in [0.2, 0.25) is 5.02 Å². The SMILES string of the molecule is NC(=O)CCOc1ccc(S(N)(=O)=O)cc1Cl. The number of amides is 1. The maximum atomic E-state index is 11.0. The van der Waals surface area contributed by atoms with Crippen LogP contribution in [0.25, 0.3) is 0 Å². The third-order valence-corrected chi connectivity index (χ3v) is 3.04. The fourth-order valence-electron chi connectivity index (χ4n) is 1.04. The summed E-state index contributed by atoms with van der Waals surface area (Å²) < 4.78 is 27.2. The number of halogens is 1. The van der Waals surface area contributed by atoms with Crippen LogP contribution in [0.1, 0.15) is 6.42 Å². The lowest BCUT2D eigenvalue weighted by Gasteiger charge is -2.07. The first-order chi connectivity index (χ1) is 7.80. The number of nitrogens with two attached hydrogens (primary N) is 2. The number of carbonyl (C=O) groups is 1. The first-order valence-electron chi connectivity index (χ1n) is 4.54. The summed E-state index contributed by atoms with van der Waals surface area (Å²) in [5, 5.41) is 5.03. The molecule has 17 heavy (non-hydrogen) atoms. The molecule has 0 heterocycles. The quantitative estimate of drug-likeness (QED) is 0.803. The molecule has 0 radical (unpaired) electrons. The Hall–Kier alpha value is -1.31. The molecule has 1 amide bonds. The standard InChI is InChI=1S/C9H11ClN2O4S/c10-7-5-6(17(12,14)15)1-2-8(7)16-4-3-9(11)13/h1-2,5H,3-4H2,(H2,11,13)(H2,12,14,15). The molecule has 0 fully saturated rings. The van der Waals surface area contributed by atoms with Gasteiger partial charge in [0.1, 0.15) is 5.75 Å². The molecule has 0 aliphatic heterocycles. The zero-order valence-corrected chi connectivity index (χ0v) is 10.3. The number of hydrogen-bond donors (Lipinski definition) is 2. The number of carbonyl (C=O) groups excluding carboxylic acids is 1. The Morgan fingerprint density at radius 1 is 1.41 bits per heavy atom. The van der Waals surface area contributed by atoms with E-state index in [1.165, 1.54) is 18.2 Å². The van der Waals surface area contributed by atoms with E-state index in [0.717, 1.165) is 0 Å². The summed E-state index contributed by atoms with van der Waals surface area (Å²) in [6.07, 6.45) is 0.0489. The van der Waals surface area contributed by atoms with Crippen molar-refractivity contribution in [1.82, 2.24) is 0 Å². The maximum Gasteiger partial charge on any atom is 0.238 e. The second kappa shape index (κ2) is 5.35. The van der Waals surface area contributed by atoms with Crippen LogP contribution >= 0.6 is 11.6 Å². The molecule has 0 spiro atoms. The molecule has 0 atom stereocenters. The molecule has 0 saturated heterocycles. The van der Waals surface area contributed by atoms with E-state index >= 15 is 0 Å². The number of ether oxygens (including phenoxy) is 1. The minimum atomic E-state index is -3.79. The van der Waals surface area contributed by atoms with Crippen LogP contribution in [0.3, 0.4) is 0 Å². The van der Waals surface area contributed by atoms with Gasteiger partial charge in [-0.15, -0.1) is 0 Å². The van der Waals surface area contributed by atoms with Crippen molar-refractivity contribution < 1.29 is 17.9 Å². The van der Waals surface area contributed by atoms with Gasteiger partial charge in [-0.05, 0) is 18.2 Å². The van der Waals surface area contributed by atoms with Crippen molar-refractivity contribution >= 4 is 27.5 Å². The number of rotatable bonds is 5. The second-order valence-electron chi connectivity index (χ2n) is 3.20. The molecule has 0 bridgehead atoms. The minimum absolute atomic E-state index is 0.0489. The Balaban J connectivity index is 2.80. The predicted molar refractivity (Wildman–Crippen MR) is 62.1 cm³/mol. The van der Waals surface area contributed by atoms with E-state index < -0.39 is 15.9 Å². The molecule has 0 aliphatic rings. The van der Waals surface area contributed by atoms with Gasteiger partial charge in [0, 0.05) is 0 Å². The van der Waals surface area contributed by atoms with E-state index in [0.29, 0.717) is 0 Å². The molecule has 1 rings (SSSR count). The molecule has 0 aliphatic carbocycles. The third kappa shape index (κ3) is 4.22. The fourth-order valence-corrected chi connectivity index (χ4v) is 1.88. The zero-order chi connectivity index (χ0) is 13.1. The van der Waals surface area contributed by atoms with Crippen LogP contribution in [0, 0.1) is 0 Å². The van der Waals surface area contributed by atoms with Gasteiger partial charge >= 0.3 is 0 Å².